The van der Waals surface area contributed by atoms with Crippen molar-refractivity contribution >= 4 is 49.7 Å². The number of amides is 3. The smallest absolute Gasteiger partial charge is 0.321 e. The van der Waals surface area contributed by atoms with Crippen molar-refractivity contribution in [3.63, 3.8) is 0 Å². The second-order valence-corrected chi connectivity index (χ2v) is 12.1. The summed E-state index contributed by atoms with van der Waals surface area (Å²) in [6, 6.07) is 6.57. The van der Waals surface area contributed by atoms with Crippen LogP contribution < -0.4 is 26.4 Å². The molecule has 17 heteroatoms. The third kappa shape index (κ3) is 6.25. The van der Waals surface area contributed by atoms with Crippen LogP contribution in [-0.4, -0.2) is 60.1 Å². The number of hydrogen-bond acceptors (Lipinski definition) is 11. The van der Waals surface area contributed by atoms with Gasteiger partial charge in [-0.3, -0.25) is 10.1 Å². The summed E-state index contributed by atoms with van der Waals surface area (Å²) in [4.78, 5) is 33.2. The fourth-order valence-electron chi connectivity index (χ4n) is 3.97. The third-order valence-electron chi connectivity index (χ3n) is 5.94. The Morgan fingerprint density at radius 2 is 1.95 bits per heavy atom. The number of nitrogens with two attached hydrogens (primary N) is 1. The number of methoxy groups -OCH3 is 1. The lowest BCUT2D eigenvalue weighted by Gasteiger charge is -2.10. The van der Waals surface area contributed by atoms with Crippen molar-refractivity contribution < 1.29 is 36.0 Å². The van der Waals surface area contributed by atoms with Gasteiger partial charge in [0.1, 0.15) is 28.1 Å². The topological polar surface area (TPSA) is 191 Å². The molecular weight excluding hydrogens is 584 g/mol. The molecule has 1 unspecified atom stereocenters. The molecule has 1 aliphatic heterocycles. The number of carbonyl (C=O) groups excluding carboxylic acids is 2. The minimum atomic E-state index is -3.18. The lowest BCUT2D eigenvalue weighted by Crippen LogP contribution is -2.38. The van der Waals surface area contributed by atoms with Crippen LogP contribution in [0, 0.1) is 11.6 Å². The number of halogens is 2. The molecule has 214 valence electrons. The van der Waals surface area contributed by atoms with Crippen LogP contribution in [0.3, 0.4) is 0 Å². The molecule has 2 aromatic heterocycles. The van der Waals surface area contributed by atoms with Crippen LogP contribution in [0.2, 0.25) is 0 Å². The highest BCUT2D eigenvalue weighted by Crippen LogP contribution is 2.36. The van der Waals surface area contributed by atoms with Gasteiger partial charge in [0.05, 0.1) is 29.9 Å². The molecule has 13 nitrogen and oxygen atoms in total. The van der Waals surface area contributed by atoms with E-state index in [-0.39, 0.29) is 55.9 Å². The van der Waals surface area contributed by atoms with Gasteiger partial charge < -0.3 is 25.6 Å². The van der Waals surface area contributed by atoms with Crippen LogP contribution in [0.15, 0.2) is 40.9 Å². The minimum absolute atomic E-state index is 0.00341. The molecule has 1 aliphatic rings. The number of anilines is 3. The van der Waals surface area contributed by atoms with Crippen molar-refractivity contribution in [1.82, 2.24) is 20.4 Å². The van der Waals surface area contributed by atoms with Gasteiger partial charge >= 0.3 is 6.03 Å². The number of nitrogens with zero attached hydrogens (tertiary/aromatic N) is 3. The molecule has 5 rings (SSSR count). The Hall–Kier alpha value is -4.64. The van der Waals surface area contributed by atoms with E-state index in [1.165, 1.54) is 19.2 Å². The Morgan fingerprint density at radius 1 is 1.15 bits per heavy atom. The van der Waals surface area contributed by atoms with Crippen molar-refractivity contribution in [1.29, 1.82) is 0 Å². The van der Waals surface area contributed by atoms with Crippen molar-refractivity contribution in [2.45, 2.75) is 12.5 Å². The van der Waals surface area contributed by atoms with E-state index in [0.29, 0.717) is 18.2 Å². The van der Waals surface area contributed by atoms with Gasteiger partial charge in [0.25, 0.3) is 11.8 Å². The van der Waals surface area contributed by atoms with E-state index in [1.54, 1.807) is 12.1 Å². The number of urea groups is 1. The fourth-order valence-corrected chi connectivity index (χ4v) is 6.44. The number of sulfone groups is 1. The maximum Gasteiger partial charge on any atom is 0.321 e. The monoisotopic (exact) mass is 605 g/mol. The summed E-state index contributed by atoms with van der Waals surface area (Å²) in [6.07, 6.45) is 0.304. The van der Waals surface area contributed by atoms with Crippen LogP contribution in [0.1, 0.15) is 16.8 Å². The van der Waals surface area contributed by atoms with Gasteiger partial charge in [-0.1, -0.05) is 22.6 Å². The maximum absolute atomic E-state index is 14.7. The van der Waals surface area contributed by atoms with E-state index in [1.807, 2.05) is 0 Å². The van der Waals surface area contributed by atoms with Crippen LogP contribution in [0.4, 0.5) is 30.2 Å². The second-order valence-electron chi connectivity index (χ2n) is 8.85. The molecule has 0 spiro atoms. The van der Waals surface area contributed by atoms with E-state index in [2.05, 4.69) is 31.1 Å². The van der Waals surface area contributed by atoms with Crippen molar-refractivity contribution in [3.8, 4) is 27.9 Å². The van der Waals surface area contributed by atoms with Crippen LogP contribution in [0.5, 0.6) is 5.75 Å². The number of rotatable bonds is 7. The van der Waals surface area contributed by atoms with Gasteiger partial charge in [-0.25, -0.2) is 27.0 Å². The Bertz CT molecular complexity index is 1760. The van der Waals surface area contributed by atoms with Crippen molar-refractivity contribution in [3.05, 3.63) is 53.6 Å². The highest BCUT2D eigenvalue weighted by Gasteiger charge is 2.29. The first kappa shape index (κ1) is 27.9. The first-order chi connectivity index (χ1) is 19.5. The van der Waals surface area contributed by atoms with E-state index < -0.39 is 39.5 Å². The van der Waals surface area contributed by atoms with Crippen LogP contribution in [-0.2, 0) is 9.84 Å². The molecular formula is C24H21F2N7O6S2. The summed E-state index contributed by atoms with van der Waals surface area (Å²) in [5, 5.41) is 11.2. The molecule has 0 aliphatic carbocycles. The molecule has 41 heavy (non-hydrogen) atoms. The summed E-state index contributed by atoms with van der Waals surface area (Å²) < 4.78 is 62.7. The number of aromatic nitrogens is 3. The number of nitrogen functional groups attached to an aromatic ring is 1. The fraction of sp³-hybridized carbons (Fsp3) is 0.208. The predicted molar refractivity (Wildman–Crippen MR) is 145 cm³/mol. The van der Waals surface area contributed by atoms with Gasteiger partial charge in [-0.15, -0.1) is 0 Å². The molecule has 2 aromatic carbocycles. The highest BCUT2D eigenvalue weighted by molar-refractivity contribution is 7.91. The first-order valence-electron chi connectivity index (χ1n) is 11.8. The summed E-state index contributed by atoms with van der Waals surface area (Å²) in [5.74, 6) is -2.93. The van der Waals surface area contributed by atoms with Gasteiger partial charge in [-0.05, 0) is 30.7 Å². The minimum Gasteiger partial charge on any atom is -0.497 e. The van der Waals surface area contributed by atoms with Crippen molar-refractivity contribution in [2.75, 3.05) is 35.0 Å². The molecule has 1 fully saturated rings. The summed E-state index contributed by atoms with van der Waals surface area (Å²) in [7, 11) is -1.74. The second kappa shape index (κ2) is 11.1. The largest absolute Gasteiger partial charge is 0.497 e. The molecule has 0 bridgehead atoms. The first-order valence-corrected chi connectivity index (χ1v) is 14.5. The standard InChI is InChI=1S/C24H21F2N7O6S2/c1-38-13-4-2-3-11(7-13)21(34)29-17-8-14(15(25)9-16(17)26)20-31-22(39-33-20)18-19(27)30-24(40-18)32-23(35)28-12-5-6-41(36,37)10-12/h2-4,7-9,12H,5-6,10,27H2,1H3,(H,29,34)(H2,28,30,32,35). The number of ether oxygens (including phenoxy) is 1. The summed E-state index contributed by atoms with van der Waals surface area (Å²) in [6.45, 7) is 0. The Kier molecular flexibility index (Phi) is 7.55. The Balaban J connectivity index is 1.32. The summed E-state index contributed by atoms with van der Waals surface area (Å²) in [5.41, 5.74) is 5.53. The van der Waals surface area contributed by atoms with E-state index in [0.717, 1.165) is 17.4 Å². The van der Waals surface area contributed by atoms with E-state index >= 15 is 0 Å². The van der Waals surface area contributed by atoms with Gasteiger partial charge in [0.15, 0.2) is 15.0 Å². The average Bonchev–Trinajstić information content (AvgIpc) is 3.63. The Labute approximate surface area is 235 Å². The van der Waals surface area contributed by atoms with E-state index in [4.69, 9.17) is 15.0 Å². The average molecular weight is 606 g/mol. The number of thiazole rings is 1. The molecule has 4 aromatic rings. The Morgan fingerprint density at radius 3 is 2.68 bits per heavy atom. The SMILES string of the molecule is COc1cccc(C(=O)Nc2cc(-c3noc(-c4sc(NC(=O)NC5CCS(=O)(=O)C5)nc4N)n3)c(F)cc2F)c1. The molecule has 1 atom stereocenters. The number of nitrogens with one attached hydrogen (secondary N) is 3. The van der Waals surface area contributed by atoms with Gasteiger partial charge in [0, 0.05) is 17.7 Å². The van der Waals surface area contributed by atoms with E-state index in [9.17, 15) is 26.8 Å². The molecule has 3 heterocycles. The molecule has 0 saturated carbocycles. The maximum atomic E-state index is 14.7. The molecule has 3 amide bonds. The molecule has 1 saturated heterocycles. The van der Waals surface area contributed by atoms with Crippen molar-refractivity contribution in [2.24, 2.45) is 0 Å². The summed E-state index contributed by atoms with van der Waals surface area (Å²) >= 11 is 0.882. The third-order valence-corrected chi connectivity index (χ3v) is 8.68. The zero-order valence-corrected chi connectivity index (χ0v) is 22.7. The molecule has 5 N–H and O–H groups in total. The van der Waals surface area contributed by atoms with Gasteiger partial charge in [0.2, 0.25) is 5.82 Å². The quantitative estimate of drug-likeness (QED) is 0.243. The zero-order valence-electron chi connectivity index (χ0n) is 21.1. The lowest BCUT2D eigenvalue weighted by atomic mass is 10.1. The lowest BCUT2D eigenvalue weighted by molar-refractivity contribution is 0.102. The highest BCUT2D eigenvalue weighted by atomic mass is 32.2. The number of carbonyl (C=O) groups is 2. The predicted octanol–water partition coefficient (Wildman–Crippen LogP) is 3.29. The number of hydrogen-bond donors (Lipinski definition) is 4. The van der Waals surface area contributed by atoms with Crippen LogP contribution >= 0.6 is 11.3 Å². The normalized spacial score (nSPS) is 15.8. The van der Waals surface area contributed by atoms with Crippen LogP contribution in [0.25, 0.3) is 22.2 Å². The number of benzene rings is 2. The van der Waals surface area contributed by atoms with Gasteiger partial charge in [-0.2, -0.15) is 4.98 Å². The zero-order chi connectivity index (χ0) is 29.3. The molecule has 0 radical (unpaired) electrons.